The van der Waals surface area contributed by atoms with Crippen molar-refractivity contribution in [2.24, 2.45) is 5.41 Å². The third-order valence-corrected chi connectivity index (χ3v) is 8.75. The Hall–Kier alpha value is -3.09. The smallest absolute Gasteiger partial charge is 0.249 e. The van der Waals surface area contributed by atoms with Crippen molar-refractivity contribution in [3.8, 4) is 5.75 Å². The van der Waals surface area contributed by atoms with E-state index in [1.165, 1.54) is 11.8 Å². The van der Waals surface area contributed by atoms with Crippen molar-refractivity contribution >= 4 is 34.3 Å². The molecule has 0 bridgehead atoms. The van der Waals surface area contributed by atoms with Crippen LogP contribution in [0.1, 0.15) is 37.4 Å². The molecular weight excluding hydrogens is 560 g/mol. The summed E-state index contributed by atoms with van der Waals surface area (Å²) in [5.41, 5.74) is 2.57. The summed E-state index contributed by atoms with van der Waals surface area (Å²) in [6.45, 7) is 1.62. The van der Waals surface area contributed by atoms with Crippen molar-refractivity contribution in [2.45, 2.75) is 36.8 Å². The number of alkyl halides is 1. The van der Waals surface area contributed by atoms with E-state index in [1.807, 2.05) is 14.1 Å². The van der Waals surface area contributed by atoms with Crippen LogP contribution in [-0.2, 0) is 4.79 Å². The number of methoxy groups -OCH3 is 1. The molecule has 41 heavy (non-hydrogen) atoms. The van der Waals surface area contributed by atoms with Gasteiger partial charge in [-0.3, -0.25) is 15.0 Å². The molecule has 0 spiro atoms. The highest BCUT2D eigenvalue weighted by molar-refractivity contribution is 7.99. The first-order valence-corrected chi connectivity index (χ1v) is 14.3. The van der Waals surface area contributed by atoms with Gasteiger partial charge < -0.3 is 14.5 Å². The monoisotopic (exact) mass is 594 g/mol. The molecule has 12 heteroatoms. The fourth-order valence-corrected chi connectivity index (χ4v) is 6.32. The fourth-order valence-electron chi connectivity index (χ4n) is 5.36. The van der Waals surface area contributed by atoms with E-state index in [4.69, 9.17) is 4.74 Å². The second-order valence-corrected chi connectivity index (χ2v) is 11.6. The van der Waals surface area contributed by atoms with Crippen LogP contribution in [0.3, 0.4) is 0 Å². The number of halogens is 4. The number of ether oxygens (including phenoxy) is 1. The van der Waals surface area contributed by atoms with Gasteiger partial charge in [0.05, 0.1) is 29.9 Å². The number of pyridine rings is 1. The number of hydrogen-bond acceptors (Lipinski definition) is 7. The van der Waals surface area contributed by atoms with E-state index in [-0.39, 0.29) is 12.8 Å². The van der Waals surface area contributed by atoms with Gasteiger partial charge in [-0.2, -0.15) is 0 Å². The van der Waals surface area contributed by atoms with Crippen LogP contribution in [0.15, 0.2) is 41.4 Å². The van der Waals surface area contributed by atoms with Crippen LogP contribution in [0.4, 0.5) is 23.2 Å². The number of likely N-dealkylation sites (tertiary alicyclic amines) is 1. The normalized spacial score (nSPS) is 16.0. The number of amides is 1. The number of fused-ring (bicyclic) bond motifs is 1. The van der Waals surface area contributed by atoms with Crippen molar-refractivity contribution in [3.63, 3.8) is 0 Å². The first-order valence-electron chi connectivity index (χ1n) is 13.3. The first-order chi connectivity index (χ1) is 19.6. The van der Waals surface area contributed by atoms with Gasteiger partial charge >= 0.3 is 0 Å². The highest BCUT2D eigenvalue weighted by Gasteiger charge is 2.41. The van der Waals surface area contributed by atoms with Gasteiger partial charge in [0.15, 0.2) is 17.5 Å². The summed E-state index contributed by atoms with van der Waals surface area (Å²) in [7, 11) is 5.18. The minimum atomic E-state index is -1.49. The Morgan fingerprint density at radius 1 is 1.20 bits per heavy atom. The molecule has 1 saturated heterocycles. The summed E-state index contributed by atoms with van der Waals surface area (Å²) in [4.78, 5) is 21.5. The zero-order valence-corrected chi connectivity index (χ0v) is 24.0. The molecule has 1 aliphatic rings. The Morgan fingerprint density at radius 2 is 1.88 bits per heavy atom. The van der Waals surface area contributed by atoms with Gasteiger partial charge in [0, 0.05) is 42.2 Å². The van der Waals surface area contributed by atoms with Crippen LogP contribution in [-0.4, -0.2) is 67.6 Å². The number of carbonyl (C=O) groups excluding carboxylic acids is 1. The predicted octanol–water partition coefficient (Wildman–Crippen LogP) is 5.90. The van der Waals surface area contributed by atoms with Crippen LogP contribution in [0.25, 0.3) is 10.9 Å². The van der Waals surface area contributed by atoms with Gasteiger partial charge in [0.1, 0.15) is 11.9 Å². The topological polar surface area (TPSA) is 77.9 Å². The molecule has 2 N–H and O–H groups in total. The molecule has 1 aliphatic heterocycles. The first kappa shape index (κ1) is 30.9. The molecule has 2 aromatic carbocycles. The lowest BCUT2D eigenvalue weighted by molar-refractivity contribution is -0.143. The Labute approximate surface area is 240 Å². The molecule has 0 saturated carbocycles. The summed E-state index contributed by atoms with van der Waals surface area (Å²) in [6.07, 6.45) is 1.32. The van der Waals surface area contributed by atoms with Gasteiger partial charge in [0.2, 0.25) is 5.91 Å². The lowest BCUT2D eigenvalue weighted by Gasteiger charge is -2.40. The maximum Gasteiger partial charge on any atom is 0.249 e. The van der Waals surface area contributed by atoms with E-state index in [2.05, 4.69) is 9.88 Å². The minimum Gasteiger partial charge on any atom is -0.497 e. The Kier molecular flexibility index (Phi) is 9.98. The second-order valence-electron chi connectivity index (χ2n) is 10.5. The van der Waals surface area contributed by atoms with Crippen LogP contribution in [0.2, 0.25) is 0 Å². The highest BCUT2D eigenvalue weighted by Crippen LogP contribution is 2.43. The molecule has 1 fully saturated rings. The predicted molar refractivity (Wildman–Crippen MR) is 151 cm³/mol. The van der Waals surface area contributed by atoms with Crippen molar-refractivity contribution in [2.75, 3.05) is 51.5 Å². The summed E-state index contributed by atoms with van der Waals surface area (Å²) in [5.74, 6) is -3.40. The number of carbonyl (C=O) groups is 1. The van der Waals surface area contributed by atoms with Crippen LogP contribution >= 0.6 is 11.8 Å². The van der Waals surface area contributed by atoms with Crippen LogP contribution in [0.5, 0.6) is 5.75 Å². The average Bonchev–Trinajstić information content (AvgIpc) is 2.97. The van der Waals surface area contributed by atoms with E-state index in [1.54, 1.807) is 41.9 Å². The van der Waals surface area contributed by atoms with Crippen molar-refractivity contribution in [1.82, 2.24) is 15.4 Å². The molecule has 0 radical (unpaired) electrons. The van der Waals surface area contributed by atoms with Gasteiger partial charge in [-0.15, -0.1) is 11.8 Å². The molecular formula is C29H34F4N4O3S. The molecule has 1 atom stereocenters. The largest absolute Gasteiger partial charge is 0.497 e. The summed E-state index contributed by atoms with van der Waals surface area (Å²) < 4.78 is 61.7. The average molecular weight is 595 g/mol. The third-order valence-electron chi connectivity index (χ3n) is 7.80. The summed E-state index contributed by atoms with van der Waals surface area (Å²) in [5, 5.41) is 10.2. The molecule has 1 aromatic heterocycles. The molecule has 7 nitrogen and oxygen atoms in total. The number of nitrogens with zero attached hydrogens (tertiary/aromatic N) is 3. The van der Waals surface area contributed by atoms with Gasteiger partial charge in [-0.05, 0) is 69.1 Å². The zero-order valence-electron chi connectivity index (χ0n) is 23.2. The number of aromatic nitrogens is 1. The van der Waals surface area contributed by atoms with E-state index < -0.39 is 34.9 Å². The van der Waals surface area contributed by atoms with E-state index in [9.17, 15) is 23.2 Å². The van der Waals surface area contributed by atoms with Crippen molar-refractivity contribution in [1.29, 1.82) is 0 Å². The number of anilines is 1. The maximum atomic E-state index is 16.1. The molecule has 4 rings (SSSR count). The molecule has 2 heterocycles. The number of hydroxylamine groups is 1. The number of rotatable bonds is 11. The molecule has 0 aliphatic carbocycles. The van der Waals surface area contributed by atoms with Gasteiger partial charge in [0.25, 0.3) is 0 Å². The number of piperidine rings is 1. The van der Waals surface area contributed by atoms with Crippen LogP contribution in [0, 0.1) is 22.9 Å². The molecule has 1 amide bonds. The lowest BCUT2D eigenvalue weighted by Crippen LogP contribution is -2.48. The van der Waals surface area contributed by atoms with Gasteiger partial charge in [-0.1, -0.05) is 0 Å². The van der Waals surface area contributed by atoms with E-state index in [0.29, 0.717) is 71.0 Å². The van der Waals surface area contributed by atoms with Gasteiger partial charge in [-0.25, -0.2) is 23.0 Å². The number of hydrogen-bond donors (Lipinski definition) is 2. The molecule has 1 unspecified atom stereocenters. The summed E-state index contributed by atoms with van der Waals surface area (Å²) in [6, 6.07) is 7.24. The fraction of sp³-hybridized carbons (Fsp3) is 0.448. The number of benzene rings is 2. The Bertz CT molecular complexity index is 1360. The van der Waals surface area contributed by atoms with Crippen LogP contribution < -0.4 is 15.1 Å². The minimum absolute atomic E-state index is 0.0577. The second kappa shape index (κ2) is 13.3. The quantitative estimate of drug-likeness (QED) is 0.0942. The number of thioether (sulfide) groups is 1. The van der Waals surface area contributed by atoms with Crippen molar-refractivity contribution < 1.29 is 32.3 Å². The standard InChI is InChI=1S/C29H34F4N4O3S/c1-36(2)25-17-34-24-5-4-18(40-3)14-20(24)26(25)21(30)6-7-29(28(38)35-39)8-10-37(11-9-29)12-13-41-19-15-22(31)27(33)23(32)16-19/h4-5,14-17,21,39H,6-13H2,1-3H3,(H,35,38). The highest BCUT2D eigenvalue weighted by atomic mass is 32.2. The number of nitrogens with one attached hydrogen (secondary N) is 1. The summed E-state index contributed by atoms with van der Waals surface area (Å²) >= 11 is 1.21. The maximum absolute atomic E-state index is 16.1. The van der Waals surface area contributed by atoms with E-state index >= 15 is 4.39 Å². The van der Waals surface area contributed by atoms with E-state index in [0.717, 1.165) is 12.1 Å². The van der Waals surface area contributed by atoms with Crippen molar-refractivity contribution in [3.05, 3.63) is 59.5 Å². The Morgan fingerprint density at radius 3 is 2.49 bits per heavy atom. The molecule has 3 aromatic rings. The Balaban J connectivity index is 1.43. The third kappa shape index (κ3) is 6.87. The zero-order chi connectivity index (χ0) is 29.7. The molecule has 222 valence electrons. The lowest BCUT2D eigenvalue weighted by atomic mass is 9.73. The SMILES string of the molecule is COc1ccc2ncc(N(C)C)c(C(F)CCC3(C(=O)NO)CCN(CCSc4cc(F)c(F)c(F)c4)CC3)c2c1.